The summed E-state index contributed by atoms with van der Waals surface area (Å²) in [6, 6.07) is 6.27. The quantitative estimate of drug-likeness (QED) is 0.351. The molecule has 1 aromatic carbocycles. The number of rotatable bonds is 7. The largest absolute Gasteiger partial charge is 0.496 e. The average Bonchev–Trinajstić information content (AvgIpc) is 2.93. The first kappa shape index (κ1) is 23.3. The molecular weight excluding hydrogens is 455 g/mol. The fourth-order valence-electron chi connectivity index (χ4n) is 2.93. The Morgan fingerprint density at radius 3 is 2.63 bits per heavy atom. The van der Waals surface area contributed by atoms with Crippen LogP contribution in [0.3, 0.4) is 0 Å². The molecule has 150 valence electrons. The van der Waals surface area contributed by atoms with E-state index < -0.39 is 0 Å². The number of aliphatic imine (C=N–C) groups is 1. The van der Waals surface area contributed by atoms with E-state index in [1.807, 2.05) is 19.9 Å². The maximum atomic E-state index is 5.50. The van der Waals surface area contributed by atoms with Crippen molar-refractivity contribution < 1.29 is 9.26 Å². The molecule has 1 heterocycles. The minimum atomic E-state index is 0. The summed E-state index contributed by atoms with van der Waals surface area (Å²) in [5.74, 6) is 2.53. The molecule has 27 heavy (non-hydrogen) atoms. The molecule has 0 saturated heterocycles. The van der Waals surface area contributed by atoms with Crippen molar-refractivity contribution in [2.24, 2.45) is 4.99 Å². The molecule has 0 saturated carbocycles. The molecule has 2 rings (SSSR count). The summed E-state index contributed by atoms with van der Waals surface area (Å²) in [6.07, 6.45) is 0.805. The van der Waals surface area contributed by atoms with E-state index in [-0.39, 0.29) is 30.0 Å². The second-order valence-corrected chi connectivity index (χ2v) is 6.42. The maximum absolute atomic E-state index is 5.50. The Morgan fingerprint density at radius 2 is 2.04 bits per heavy atom. The normalized spacial score (nSPS) is 12.3. The average molecular weight is 486 g/mol. The van der Waals surface area contributed by atoms with E-state index in [9.17, 15) is 0 Å². The Balaban J connectivity index is 0.00000364. The zero-order valence-electron chi connectivity index (χ0n) is 17.0. The lowest BCUT2D eigenvalue weighted by atomic mass is 10.0. The van der Waals surface area contributed by atoms with E-state index >= 15 is 0 Å². The highest BCUT2D eigenvalue weighted by Gasteiger charge is 2.13. The van der Waals surface area contributed by atoms with Crippen molar-refractivity contribution >= 4 is 29.9 Å². The second-order valence-electron chi connectivity index (χ2n) is 6.42. The van der Waals surface area contributed by atoms with Crippen LogP contribution in [0.15, 0.2) is 27.7 Å². The topological polar surface area (TPSA) is 71.7 Å². The summed E-state index contributed by atoms with van der Waals surface area (Å²) < 4.78 is 10.7. The Kier molecular flexibility index (Phi) is 9.62. The van der Waals surface area contributed by atoms with Crippen molar-refractivity contribution in [3.05, 3.63) is 46.3 Å². The third-order valence-electron chi connectivity index (χ3n) is 4.36. The molecule has 0 radical (unpaired) electrons. The van der Waals surface area contributed by atoms with Gasteiger partial charge in [0.1, 0.15) is 11.5 Å². The SMILES string of the molecule is CCNC(=NCCc1c(C)noc1C)NC(C)c1cc(C)ccc1OC.I. The fourth-order valence-corrected chi connectivity index (χ4v) is 2.93. The first-order chi connectivity index (χ1) is 12.5. The van der Waals surface area contributed by atoms with Gasteiger partial charge in [-0.1, -0.05) is 22.9 Å². The summed E-state index contributed by atoms with van der Waals surface area (Å²) in [6.45, 7) is 11.6. The smallest absolute Gasteiger partial charge is 0.191 e. The maximum Gasteiger partial charge on any atom is 0.191 e. The number of benzene rings is 1. The summed E-state index contributed by atoms with van der Waals surface area (Å²) >= 11 is 0. The molecule has 7 heteroatoms. The Labute approximate surface area is 179 Å². The number of ether oxygens (including phenoxy) is 1. The van der Waals surface area contributed by atoms with Crippen LogP contribution < -0.4 is 15.4 Å². The summed E-state index contributed by atoms with van der Waals surface area (Å²) in [4.78, 5) is 4.70. The van der Waals surface area contributed by atoms with E-state index in [0.29, 0.717) is 6.54 Å². The van der Waals surface area contributed by atoms with Gasteiger partial charge in [-0.15, -0.1) is 24.0 Å². The van der Waals surface area contributed by atoms with Gasteiger partial charge in [0.05, 0.1) is 18.8 Å². The number of hydrogen-bond donors (Lipinski definition) is 2. The molecule has 1 atom stereocenters. The summed E-state index contributed by atoms with van der Waals surface area (Å²) in [5, 5.41) is 10.8. The summed E-state index contributed by atoms with van der Waals surface area (Å²) in [5.41, 5.74) is 4.39. The van der Waals surface area contributed by atoms with Gasteiger partial charge in [-0.05, 0) is 47.1 Å². The number of nitrogens with one attached hydrogen (secondary N) is 2. The van der Waals surface area contributed by atoms with Crippen LogP contribution in [-0.4, -0.2) is 31.3 Å². The molecule has 6 nitrogen and oxygen atoms in total. The summed E-state index contributed by atoms with van der Waals surface area (Å²) in [7, 11) is 1.70. The van der Waals surface area contributed by atoms with Crippen LogP contribution in [0, 0.1) is 20.8 Å². The van der Waals surface area contributed by atoms with Gasteiger partial charge in [-0.2, -0.15) is 0 Å². The molecule has 0 bridgehead atoms. The Bertz CT molecular complexity index is 739. The van der Waals surface area contributed by atoms with Crippen molar-refractivity contribution in [3.8, 4) is 5.75 Å². The van der Waals surface area contributed by atoms with Crippen LogP contribution in [0.5, 0.6) is 5.75 Å². The third-order valence-corrected chi connectivity index (χ3v) is 4.36. The molecule has 1 aromatic heterocycles. The molecule has 0 aliphatic heterocycles. The molecule has 0 aliphatic carbocycles. The second kappa shape index (κ2) is 11.2. The number of nitrogens with zero attached hydrogens (tertiary/aromatic N) is 2. The Hall–Kier alpha value is -1.77. The van der Waals surface area contributed by atoms with Crippen molar-refractivity contribution in [2.45, 2.75) is 47.1 Å². The van der Waals surface area contributed by atoms with E-state index in [1.165, 1.54) is 5.56 Å². The zero-order chi connectivity index (χ0) is 19.1. The highest BCUT2D eigenvalue weighted by atomic mass is 127. The monoisotopic (exact) mass is 486 g/mol. The predicted molar refractivity (Wildman–Crippen MR) is 120 cm³/mol. The van der Waals surface area contributed by atoms with Crippen molar-refractivity contribution in [3.63, 3.8) is 0 Å². The lowest BCUT2D eigenvalue weighted by Crippen LogP contribution is -2.39. The number of halogens is 1. The van der Waals surface area contributed by atoms with Crippen molar-refractivity contribution in [1.82, 2.24) is 15.8 Å². The fraction of sp³-hybridized carbons (Fsp3) is 0.500. The van der Waals surface area contributed by atoms with Gasteiger partial charge in [0, 0.05) is 24.2 Å². The van der Waals surface area contributed by atoms with Gasteiger partial charge in [0.25, 0.3) is 0 Å². The first-order valence-corrected chi connectivity index (χ1v) is 9.07. The van der Waals surface area contributed by atoms with Crippen LogP contribution in [0.1, 0.15) is 48.0 Å². The standard InChI is InChI=1S/C20H30N4O2.HI/c1-7-21-20(22-11-10-17-15(4)24-26-16(17)5)23-14(3)18-12-13(2)8-9-19(18)25-6;/h8-9,12,14H,7,10-11H2,1-6H3,(H2,21,22,23);1H. The first-order valence-electron chi connectivity index (χ1n) is 9.07. The number of aryl methyl sites for hydroxylation is 3. The number of guanidine groups is 1. The molecule has 1 unspecified atom stereocenters. The molecular formula is C20H31IN4O2. The molecule has 0 aliphatic rings. The van der Waals surface area contributed by atoms with Gasteiger partial charge in [-0.25, -0.2) is 0 Å². The molecule has 2 aromatic rings. The minimum Gasteiger partial charge on any atom is -0.496 e. The molecule has 0 spiro atoms. The molecule has 2 N–H and O–H groups in total. The van der Waals surface area contributed by atoms with Crippen molar-refractivity contribution in [2.75, 3.05) is 20.2 Å². The van der Waals surface area contributed by atoms with Crippen LogP contribution in [-0.2, 0) is 6.42 Å². The number of aromatic nitrogens is 1. The highest BCUT2D eigenvalue weighted by molar-refractivity contribution is 14.0. The minimum absolute atomic E-state index is 0. The predicted octanol–water partition coefficient (Wildman–Crippen LogP) is 4.09. The molecule has 0 amide bonds. The van der Waals surface area contributed by atoms with Crippen LogP contribution in [0.25, 0.3) is 0 Å². The van der Waals surface area contributed by atoms with E-state index in [1.54, 1.807) is 7.11 Å². The van der Waals surface area contributed by atoms with Crippen LogP contribution in [0.2, 0.25) is 0 Å². The van der Waals surface area contributed by atoms with Crippen molar-refractivity contribution in [1.29, 1.82) is 0 Å². The van der Waals surface area contributed by atoms with Gasteiger partial charge >= 0.3 is 0 Å². The molecule has 0 fully saturated rings. The number of hydrogen-bond acceptors (Lipinski definition) is 4. The lowest BCUT2D eigenvalue weighted by molar-refractivity contribution is 0.392. The highest BCUT2D eigenvalue weighted by Crippen LogP contribution is 2.26. The van der Waals surface area contributed by atoms with Gasteiger partial charge in [0.2, 0.25) is 0 Å². The van der Waals surface area contributed by atoms with E-state index in [2.05, 4.69) is 48.7 Å². The van der Waals surface area contributed by atoms with Crippen LogP contribution >= 0.6 is 24.0 Å². The van der Waals surface area contributed by atoms with Gasteiger partial charge in [-0.3, -0.25) is 4.99 Å². The Morgan fingerprint density at radius 1 is 1.30 bits per heavy atom. The number of methoxy groups -OCH3 is 1. The third kappa shape index (κ3) is 6.41. The van der Waals surface area contributed by atoms with Gasteiger partial charge in [0.15, 0.2) is 5.96 Å². The van der Waals surface area contributed by atoms with E-state index in [4.69, 9.17) is 14.3 Å². The van der Waals surface area contributed by atoms with E-state index in [0.717, 1.165) is 47.3 Å². The van der Waals surface area contributed by atoms with Crippen LogP contribution in [0.4, 0.5) is 0 Å². The zero-order valence-corrected chi connectivity index (χ0v) is 19.4. The lowest BCUT2D eigenvalue weighted by Gasteiger charge is -2.20. The van der Waals surface area contributed by atoms with Gasteiger partial charge < -0.3 is 19.9 Å².